The van der Waals surface area contributed by atoms with Crippen LogP contribution < -0.4 is 0 Å². The number of hydrogen-bond acceptors (Lipinski definition) is 3. The van der Waals surface area contributed by atoms with Crippen LogP contribution in [0.1, 0.15) is 79.1 Å². The third-order valence-corrected chi connectivity index (χ3v) is 2.62. The zero-order valence-corrected chi connectivity index (χ0v) is 14.5. The summed E-state index contributed by atoms with van der Waals surface area (Å²) in [6.07, 6.45) is 3.75. The lowest BCUT2D eigenvalue weighted by atomic mass is 10.1. The smallest absolute Gasteiger partial charge is 0.481 e. The van der Waals surface area contributed by atoms with E-state index in [9.17, 15) is 22.8 Å². The Morgan fingerprint density at radius 2 is 1.35 bits per heavy atom. The second-order valence-corrected chi connectivity index (χ2v) is 6.26. The summed E-state index contributed by atoms with van der Waals surface area (Å²) in [5.41, 5.74) is -1.09. The number of carbonyl (C=O) groups excluding carboxylic acids is 1. The van der Waals surface area contributed by atoms with Gasteiger partial charge in [-0.3, -0.25) is 4.79 Å². The molecule has 0 saturated carbocycles. The molecule has 23 heavy (non-hydrogen) atoms. The Kier molecular flexibility index (Phi) is 12.7. The maximum absolute atomic E-state index is 11.5. The fraction of sp³-hybridized carbons (Fsp3) is 0.875. The normalized spacial score (nSPS) is 11.4. The zero-order chi connectivity index (χ0) is 18.5. The molecule has 4 nitrogen and oxygen atoms in total. The van der Waals surface area contributed by atoms with Crippen molar-refractivity contribution in [1.29, 1.82) is 0 Å². The number of carbonyl (C=O) groups is 2. The number of unbranched alkanes of at least 4 members (excludes halogenated alkanes) is 6. The van der Waals surface area contributed by atoms with Gasteiger partial charge in [0.15, 0.2) is 0 Å². The van der Waals surface area contributed by atoms with Gasteiger partial charge in [-0.25, -0.2) is 4.79 Å². The molecular weight excluding hydrogens is 313 g/mol. The van der Waals surface area contributed by atoms with E-state index in [1.165, 1.54) is 52.9 Å². The maximum atomic E-state index is 11.5. The van der Waals surface area contributed by atoms with E-state index in [1.807, 2.05) is 0 Å². The van der Waals surface area contributed by atoms with Crippen LogP contribution in [0.4, 0.5) is 13.2 Å². The Morgan fingerprint density at radius 3 is 1.65 bits per heavy atom. The van der Waals surface area contributed by atoms with Crippen molar-refractivity contribution >= 4 is 11.9 Å². The van der Waals surface area contributed by atoms with Crippen LogP contribution in [0.3, 0.4) is 0 Å². The lowest BCUT2D eigenvalue weighted by molar-refractivity contribution is -0.210. The summed E-state index contributed by atoms with van der Waals surface area (Å²) in [4.78, 5) is 20.3. The van der Waals surface area contributed by atoms with E-state index in [1.54, 1.807) is 0 Å². The highest BCUT2D eigenvalue weighted by Crippen LogP contribution is 2.20. The molecule has 1 N–H and O–H groups in total. The van der Waals surface area contributed by atoms with Crippen LogP contribution in [0.2, 0.25) is 0 Å². The number of aliphatic carboxylic acids is 1. The lowest BCUT2D eigenvalue weighted by Gasteiger charge is -2.19. The number of alkyl halides is 3. The van der Waals surface area contributed by atoms with Gasteiger partial charge in [0.05, 0.1) is 0 Å². The number of halogens is 3. The third-order valence-electron chi connectivity index (χ3n) is 2.62. The molecule has 0 fully saturated rings. The minimum atomic E-state index is -4.90. The minimum absolute atomic E-state index is 0.341. The van der Waals surface area contributed by atoms with Crippen LogP contribution in [0.15, 0.2) is 0 Å². The predicted molar refractivity (Wildman–Crippen MR) is 82.1 cm³/mol. The summed E-state index contributed by atoms with van der Waals surface area (Å²) in [5, 5.41) is 8.35. The first kappa shape index (κ1) is 24.0. The molecule has 138 valence electrons. The van der Waals surface area contributed by atoms with Crippen molar-refractivity contribution in [3.8, 4) is 0 Å². The monoisotopic (exact) mass is 342 g/mol. The molecule has 0 heterocycles. The van der Waals surface area contributed by atoms with Gasteiger partial charge in [-0.05, 0) is 27.2 Å². The highest BCUT2D eigenvalue weighted by Gasteiger charge is 2.42. The van der Waals surface area contributed by atoms with Gasteiger partial charge >= 0.3 is 18.1 Å². The molecule has 0 spiro atoms. The average molecular weight is 342 g/mol. The summed E-state index contributed by atoms with van der Waals surface area (Å²) in [5.74, 6) is -2.81. The first-order chi connectivity index (χ1) is 10.4. The van der Waals surface area contributed by atoms with Crippen LogP contribution >= 0.6 is 0 Å². The molecule has 0 aliphatic carbocycles. The fourth-order valence-electron chi connectivity index (χ4n) is 1.57. The highest BCUT2D eigenvalue weighted by atomic mass is 19.4. The average Bonchev–Trinajstić information content (AvgIpc) is 2.35. The second-order valence-electron chi connectivity index (χ2n) is 6.26. The summed E-state index contributed by atoms with van der Waals surface area (Å²) in [6.45, 7) is 6.31. The summed E-state index contributed by atoms with van der Waals surface area (Å²) in [7, 11) is 0. The molecule has 0 amide bonds. The van der Waals surface area contributed by atoms with E-state index in [2.05, 4.69) is 11.7 Å². The van der Waals surface area contributed by atoms with Crippen molar-refractivity contribution < 1.29 is 32.6 Å². The molecule has 0 rings (SSSR count). The summed E-state index contributed by atoms with van der Waals surface area (Å²) < 4.78 is 38.6. The van der Waals surface area contributed by atoms with E-state index in [-0.39, 0.29) is 0 Å². The molecule has 0 unspecified atom stereocenters. The van der Waals surface area contributed by atoms with Crippen molar-refractivity contribution in [2.75, 3.05) is 0 Å². The quantitative estimate of drug-likeness (QED) is 0.492. The SMILES string of the molecule is CC(C)(C)OC(=O)C(F)(F)F.CCCCCCCCCC(=O)O. The minimum Gasteiger partial charge on any atom is -0.481 e. The fourth-order valence-corrected chi connectivity index (χ4v) is 1.57. The third kappa shape index (κ3) is 20.7. The summed E-state index contributed by atoms with van der Waals surface area (Å²) in [6, 6.07) is 0. The van der Waals surface area contributed by atoms with Crippen LogP contribution in [0.5, 0.6) is 0 Å². The number of rotatable bonds is 8. The van der Waals surface area contributed by atoms with Crippen molar-refractivity contribution in [3.63, 3.8) is 0 Å². The molecule has 0 bridgehead atoms. The van der Waals surface area contributed by atoms with Crippen molar-refractivity contribution in [3.05, 3.63) is 0 Å². The Morgan fingerprint density at radius 1 is 0.913 bits per heavy atom. The molecule has 0 aromatic rings. The zero-order valence-electron chi connectivity index (χ0n) is 14.5. The van der Waals surface area contributed by atoms with Crippen molar-refractivity contribution in [1.82, 2.24) is 0 Å². The molecule has 0 saturated heterocycles. The Labute approximate surface area is 136 Å². The highest BCUT2D eigenvalue weighted by molar-refractivity contribution is 5.75. The first-order valence-corrected chi connectivity index (χ1v) is 7.92. The number of carboxylic acid groups (broad SMARTS) is 1. The molecule has 0 radical (unpaired) electrons. The lowest BCUT2D eigenvalue weighted by Crippen LogP contribution is -2.33. The Balaban J connectivity index is 0. The largest absolute Gasteiger partial charge is 0.490 e. The van der Waals surface area contributed by atoms with Crippen LogP contribution in [-0.4, -0.2) is 28.8 Å². The molecule has 0 atom stereocenters. The molecule has 0 aliphatic heterocycles. The first-order valence-electron chi connectivity index (χ1n) is 7.92. The van der Waals surface area contributed by atoms with Crippen molar-refractivity contribution in [2.45, 2.75) is 90.8 Å². The van der Waals surface area contributed by atoms with E-state index < -0.39 is 23.7 Å². The van der Waals surface area contributed by atoms with Crippen LogP contribution in [0.25, 0.3) is 0 Å². The second kappa shape index (κ2) is 12.2. The van der Waals surface area contributed by atoms with E-state index in [0.29, 0.717) is 6.42 Å². The van der Waals surface area contributed by atoms with E-state index in [4.69, 9.17) is 5.11 Å². The van der Waals surface area contributed by atoms with Gasteiger partial charge in [0.25, 0.3) is 0 Å². The van der Waals surface area contributed by atoms with E-state index in [0.717, 1.165) is 12.8 Å². The van der Waals surface area contributed by atoms with E-state index >= 15 is 0 Å². The molecular formula is C16H29F3O4. The number of carboxylic acids is 1. The number of hydrogen-bond donors (Lipinski definition) is 1. The number of ether oxygens (including phenoxy) is 1. The Bertz CT molecular complexity index is 333. The molecule has 0 aliphatic rings. The molecule has 0 aromatic heterocycles. The maximum Gasteiger partial charge on any atom is 0.490 e. The van der Waals surface area contributed by atoms with Gasteiger partial charge in [-0.1, -0.05) is 45.4 Å². The van der Waals surface area contributed by atoms with Crippen molar-refractivity contribution in [2.24, 2.45) is 0 Å². The van der Waals surface area contributed by atoms with Gasteiger partial charge < -0.3 is 9.84 Å². The molecule has 0 aromatic carbocycles. The standard InChI is InChI=1S/C10H20O2.C6H9F3O2/c1-2-3-4-5-6-7-8-9-10(11)12;1-5(2,3)11-4(10)6(7,8)9/h2-9H2,1H3,(H,11,12);1-3H3. The van der Waals surface area contributed by atoms with Gasteiger partial charge in [0.1, 0.15) is 5.60 Å². The van der Waals surface area contributed by atoms with Gasteiger partial charge in [-0.15, -0.1) is 0 Å². The van der Waals surface area contributed by atoms with Gasteiger partial charge in [-0.2, -0.15) is 13.2 Å². The summed E-state index contributed by atoms with van der Waals surface area (Å²) >= 11 is 0. The van der Waals surface area contributed by atoms with Gasteiger partial charge in [0, 0.05) is 6.42 Å². The predicted octanol–water partition coefficient (Wildman–Crippen LogP) is 5.10. The van der Waals surface area contributed by atoms with Crippen LogP contribution in [0, 0.1) is 0 Å². The number of esters is 1. The topological polar surface area (TPSA) is 63.6 Å². The molecule has 7 heteroatoms. The van der Waals surface area contributed by atoms with Crippen LogP contribution in [-0.2, 0) is 14.3 Å². The van der Waals surface area contributed by atoms with Gasteiger partial charge in [0.2, 0.25) is 0 Å². The Hall–Kier alpha value is -1.27.